The van der Waals surface area contributed by atoms with Crippen LogP contribution >= 0.6 is 0 Å². The number of ether oxygens (including phenoxy) is 1. The van der Waals surface area contributed by atoms with E-state index in [1.165, 1.54) is 24.3 Å². The van der Waals surface area contributed by atoms with Crippen LogP contribution in [0.3, 0.4) is 0 Å². The number of anilines is 1. The number of nitrogens with two attached hydrogens (primary N) is 1. The predicted molar refractivity (Wildman–Crippen MR) is 127 cm³/mol. The van der Waals surface area contributed by atoms with Crippen LogP contribution in [0.25, 0.3) is 22.4 Å². The maximum Gasteiger partial charge on any atom is 0.338 e. The average molecular weight is 479 g/mol. The van der Waals surface area contributed by atoms with E-state index in [-0.39, 0.29) is 16.9 Å². The van der Waals surface area contributed by atoms with Gasteiger partial charge in [0.25, 0.3) is 5.91 Å². The van der Waals surface area contributed by atoms with E-state index in [2.05, 4.69) is 15.3 Å². The van der Waals surface area contributed by atoms with Crippen molar-refractivity contribution in [3.05, 3.63) is 78.4 Å². The number of fused-ring (bicyclic) bond motifs is 1. The molecule has 0 radical (unpaired) electrons. The van der Waals surface area contributed by atoms with Gasteiger partial charge >= 0.3 is 5.97 Å². The Morgan fingerprint density at radius 2 is 1.76 bits per heavy atom. The molecule has 1 atom stereocenters. The number of hydrogen-bond acceptors (Lipinski definition) is 6. The molecule has 1 aromatic heterocycles. The van der Waals surface area contributed by atoms with Gasteiger partial charge in [0.1, 0.15) is 5.82 Å². The summed E-state index contributed by atoms with van der Waals surface area (Å²) in [7, 11) is -3.83. The fourth-order valence-electron chi connectivity index (χ4n) is 3.34. The van der Waals surface area contributed by atoms with Gasteiger partial charge in [-0.15, -0.1) is 0 Å². The molecule has 3 aromatic carbocycles. The molecule has 4 aromatic rings. The van der Waals surface area contributed by atoms with Crippen molar-refractivity contribution in [3.8, 4) is 11.4 Å². The average Bonchev–Trinajstić information content (AvgIpc) is 3.26. The smallest absolute Gasteiger partial charge is 0.338 e. The Morgan fingerprint density at radius 1 is 1.06 bits per heavy atom. The third kappa shape index (κ3) is 5.13. The first-order valence-corrected chi connectivity index (χ1v) is 12.0. The molecule has 1 amide bonds. The zero-order valence-electron chi connectivity index (χ0n) is 18.2. The SMILES string of the molecule is CCC(OC(=O)c1ccc2nc(-c3ccccc3)[nH]c2c1)C(=O)Nc1ccc(S(N)(=O)=O)cc1. The number of benzene rings is 3. The molecule has 0 aliphatic rings. The lowest BCUT2D eigenvalue weighted by molar-refractivity contribution is -0.124. The highest BCUT2D eigenvalue weighted by Crippen LogP contribution is 2.22. The van der Waals surface area contributed by atoms with Crippen LogP contribution in [0.4, 0.5) is 5.69 Å². The van der Waals surface area contributed by atoms with E-state index in [0.717, 1.165) is 5.56 Å². The standard InChI is InChI=1S/C24H22N4O5S/c1-2-21(23(29)26-17-9-11-18(12-10-17)34(25,31)32)33-24(30)16-8-13-19-20(14-16)28-22(27-19)15-6-4-3-5-7-15/h3-14,21H,2H2,1H3,(H,26,29)(H,27,28)(H2,25,31,32). The lowest BCUT2D eigenvalue weighted by atomic mass is 10.2. The number of esters is 1. The maximum atomic E-state index is 12.7. The van der Waals surface area contributed by atoms with E-state index in [1.807, 2.05) is 30.3 Å². The molecular formula is C24H22N4O5S. The maximum absolute atomic E-state index is 12.7. The number of primary sulfonamides is 1. The van der Waals surface area contributed by atoms with E-state index in [1.54, 1.807) is 25.1 Å². The van der Waals surface area contributed by atoms with Gasteiger partial charge in [0.05, 0.1) is 21.5 Å². The van der Waals surface area contributed by atoms with Crippen LogP contribution in [-0.2, 0) is 19.6 Å². The van der Waals surface area contributed by atoms with Gasteiger partial charge in [-0.2, -0.15) is 0 Å². The highest BCUT2D eigenvalue weighted by atomic mass is 32.2. The Labute approximate surface area is 196 Å². The summed E-state index contributed by atoms with van der Waals surface area (Å²) in [5.74, 6) is -0.502. The molecule has 174 valence electrons. The Morgan fingerprint density at radius 3 is 2.41 bits per heavy atom. The lowest BCUT2D eigenvalue weighted by Gasteiger charge is -2.16. The number of amides is 1. The number of rotatable bonds is 7. The lowest BCUT2D eigenvalue weighted by Crippen LogP contribution is -2.32. The van der Waals surface area contributed by atoms with Crippen molar-refractivity contribution in [2.24, 2.45) is 5.14 Å². The highest BCUT2D eigenvalue weighted by molar-refractivity contribution is 7.89. The molecule has 0 aliphatic heterocycles. The van der Waals surface area contributed by atoms with E-state index < -0.39 is 28.0 Å². The van der Waals surface area contributed by atoms with Crippen LogP contribution < -0.4 is 10.5 Å². The van der Waals surface area contributed by atoms with Gasteiger partial charge in [0, 0.05) is 11.3 Å². The van der Waals surface area contributed by atoms with Crippen molar-refractivity contribution in [2.45, 2.75) is 24.3 Å². The first kappa shape index (κ1) is 23.1. The molecule has 0 saturated carbocycles. The highest BCUT2D eigenvalue weighted by Gasteiger charge is 2.23. The fourth-order valence-corrected chi connectivity index (χ4v) is 3.85. The quantitative estimate of drug-likeness (QED) is 0.347. The van der Waals surface area contributed by atoms with Gasteiger partial charge < -0.3 is 15.0 Å². The van der Waals surface area contributed by atoms with Gasteiger partial charge in [-0.25, -0.2) is 23.3 Å². The summed E-state index contributed by atoms with van der Waals surface area (Å²) in [5.41, 5.74) is 2.91. The van der Waals surface area contributed by atoms with Crippen molar-refractivity contribution >= 4 is 38.6 Å². The molecule has 34 heavy (non-hydrogen) atoms. The van der Waals surface area contributed by atoms with Crippen LogP contribution in [0.1, 0.15) is 23.7 Å². The summed E-state index contributed by atoms with van der Waals surface area (Å²) >= 11 is 0. The van der Waals surface area contributed by atoms with Crippen LogP contribution in [0.5, 0.6) is 0 Å². The third-order valence-electron chi connectivity index (χ3n) is 5.13. The molecule has 4 rings (SSSR count). The normalized spacial score (nSPS) is 12.3. The number of nitrogens with zero attached hydrogens (tertiary/aromatic N) is 1. The zero-order chi connectivity index (χ0) is 24.3. The Hall–Kier alpha value is -4.02. The second kappa shape index (κ2) is 9.46. The van der Waals surface area contributed by atoms with Crippen molar-refractivity contribution < 1.29 is 22.7 Å². The fraction of sp³-hybridized carbons (Fsp3) is 0.125. The number of sulfonamides is 1. The first-order chi connectivity index (χ1) is 16.2. The van der Waals surface area contributed by atoms with E-state index in [4.69, 9.17) is 9.88 Å². The van der Waals surface area contributed by atoms with E-state index in [9.17, 15) is 18.0 Å². The molecule has 0 spiro atoms. The molecule has 0 saturated heterocycles. The van der Waals surface area contributed by atoms with E-state index in [0.29, 0.717) is 22.5 Å². The molecule has 10 heteroatoms. The molecule has 1 heterocycles. The minimum absolute atomic E-state index is 0.0754. The Kier molecular flexibility index (Phi) is 6.44. The number of imidazole rings is 1. The van der Waals surface area contributed by atoms with Crippen LogP contribution in [0, 0.1) is 0 Å². The molecule has 0 fully saturated rings. The summed E-state index contributed by atoms with van der Waals surface area (Å²) in [6, 6.07) is 19.9. The molecule has 1 unspecified atom stereocenters. The molecule has 4 N–H and O–H groups in total. The van der Waals surface area contributed by atoms with Crippen LogP contribution in [0.15, 0.2) is 77.7 Å². The monoisotopic (exact) mass is 478 g/mol. The number of aromatic amines is 1. The van der Waals surface area contributed by atoms with Crippen molar-refractivity contribution in [2.75, 3.05) is 5.32 Å². The van der Waals surface area contributed by atoms with Crippen molar-refractivity contribution in [3.63, 3.8) is 0 Å². The second-order valence-corrected chi connectivity index (χ2v) is 9.11. The molecular weight excluding hydrogens is 456 g/mol. The molecule has 9 nitrogen and oxygen atoms in total. The summed E-state index contributed by atoms with van der Waals surface area (Å²) in [6.07, 6.45) is -0.792. The van der Waals surface area contributed by atoms with Crippen LogP contribution in [-0.4, -0.2) is 36.4 Å². The van der Waals surface area contributed by atoms with Gasteiger partial charge in [-0.3, -0.25) is 4.79 Å². The summed E-state index contributed by atoms with van der Waals surface area (Å²) in [5, 5.41) is 7.69. The number of hydrogen-bond donors (Lipinski definition) is 3. The van der Waals surface area contributed by atoms with Gasteiger partial charge in [0.2, 0.25) is 10.0 Å². The zero-order valence-corrected chi connectivity index (χ0v) is 19.0. The topological polar surface area (TPSA) is 144 Å². The Balaban J connectivity index is 1.46. The van der Waals surface area contributed by atoms with Gasteiger partial charge in [-0.05, 0) is 48.9 Å². The van der Waals surface area contributed by atoms with Crippen molar-refractivity contribution in [1.29, 1.82) is 0 Å². The van der Waals surface area contributed by atoms with Gasteiger partial charge in [0.15, 0.2) is 6.10 Å². The Bertz CT molecular complexity index is 1450. The molecule has 0 bridgehead atoms. The number of aromatic nitrogens is 2. The van der Waals surface area contributed by atoms with Gasteiger partial charge in [-0.1, -0.05) is 37.3 Å². The second-order valence-electron chi connectivity index (χ2n) is 7.54. The largest absolute Gasteiger partial charge is 0.449 e. The molecule has 0 aliphatic carbocycles. The minimum Gasteiger partial charge on any atom is -0.449 e. The number of carbonyl (C=O) groups is 2. The predicted octanol–water partition coefficient (Wildman–Crippen LogP) is 3.45. The first-order valence-electron chi connectivity index (χ1n) is 10.4. The van der Waals surface area contributed by atoms with Crippen LogP contribution in [0.2, 0.25) is 0 Å². The number of nitrogens with one attached hydrogen (secondary N) is 2. The van der Waals surface area contributed by atoms with Crippen molar-refractivity contribution in [1.82, 2.24) is 9.97 Å². The number of carbonyl (C=O) groups excluding carboxylic acids is 2. The number of H-pyrrole nitrogens is 1. The summed E-state index contributed by atoms with van der Waals surface area (Å²) in [4.78, 5) is 33.0. The third-order valence-corrected chi connectivity index (χ3v) is 6.06. The van der Waals surface area contributed by atoms with E-state index >= 15 is 0 Å². The summed E-state index contributed by atoms with van der Waals surface area (Å²) < 4.78 is 28.2. The summed E-state index contributed by atoms with van der Waals surface area (Å²) in [6.45, 7) is 1.71. The minimum atomic E-state index is -3.83.